The monoisotopic (exact) mass is 164 g/mol. The molecule has 0 aromatic carbocycles. The van der Waals surface area contributed by atoms with Gasteiger partial charge in [-0.2, -0.15) is 0 Å². The SMILES string of the molecule is CNc1cnc(C(C)=O)cc1C. The molecule has 12 heavy (non-hydrogen) atoms. The van der Waals surface area contributed by atoms with Gasteiger partial charge in [0.15, 0.2) is 5.78 Å². The molecule has 3 nitrogen and oxygen atoms in total. The van der Waals surface area contributed by atoms with Crippen molar-refractivity contribution in [3.63, 3.8) is 0 Å². The lowest BCUT2D eigenvalue weighted by Gasteiger charge is -2.04. The minimum absolute atomic E-state index is 0.000697. The molecule has 64 valence electrons. The Morgan fingerprint density at radius 3 is 2.67 bits per heavy atom. The number of rotatable bonds is 2. The highest BCUT2D eigenvalue weighted by Crippen LogP contribution is 2.12. The van der Waals surface area contributed by atoms with Gasteiger partial charge in [0.25, 0.3) is 0 Å². The first-order valence-corrected chi connectivity index (χ1v) is 3.80. The Bertz CT molecular complexity index is 307. The van der Waals surface area contributed by atoms with Crippen molar-refractivity contribution in [1.29, 1.82) is 0 Å². The summed E-state index contributed by atoms with van der Waals surface area (Å²) in [6.07, 6.45) is 1.67. The number of nitrogens with zero attached hydrogens (tertiary/aromatic N) is 1. The van der Waals surface area contributed by atoms with Crippen molar-refractivity contribution >= 4 is 11.5 Å². The topological polar surface area (TPSA) is 42.0 Å². The molecule has 0 bridgehead atoms. The second-order valence-corrected chi connectivity index (χ2v) is 2.69. The van der Waals surface area contributed by atoms with Crippen molar-refractivity contribution in [3.05, 3.63) is 23.5 Å². The number of ketones is 1. The molecule has 0 atom stereocenters. The molecule has 1 aromatic rings. The van der Waals surface area contributed by atoms with Crippen LogP contribution >= 0.6 is 0 Å². The van der Waals surface area contributed by atoms with Gasteiger partial charge < -0.3 is 5.32 Å². The number of hydrogen-bond donors (Lipinski definition) is 1. The molecule has 0 aliphatic heterocycles. The quantitative estimate of drug-likeness (QED) is 0.675. The molecule has 1 heterocycles. The van der Waals surface area contributed by atoms with Crippen LogP contribution in [0.25, 0.3) is 0 Å². The van der Waals surface area contributed by atoms with Crippen molar-refractivity contribution in [1.82, 2.24) is 4.98 Å². The van der Waals surface area contributed by atoms with Crippen LogP contribution < -0.4 is 5.32 Å². The first kappa shape index (κ1) is 8.71. The molecule has 1 rings (SSSR count). The maximum absolute atomic E-state index is 10.9. The van der Waals surface area contributed by atoms with Crippen LogP contribution in [0.4, 0.5) is 5.69 Å². The number of aryl methyl sites for hydroxylation is 1. The minimum atomic E-state index is 0.000697. The molecule has 0 amide bonds. The summed E-state index contributed by atoms with van der Waals surface area (Å²) < 4.78 is 0. The second kappa shape index (κ2) is 3.34. The van der Waals surface area contributed by atoms with E-state index in [4.69, 9.17) is 0 Å². The van der Waals surface area contributed by atoms with Crippen molar-refractivity contribution in [2.24, 2.45) is 0 Å². The molecule has 3 heteroatoms. The summed E-state index contributed by atoms with van der Waals surface area (Å²) in [5.41, 5.74) is 2.52. The summed E-state index contributed by atoms with van der Waals surface area (Å²) in [5, 5.41) is 2.99. The summed E-state index contributed by atoms with van der Waals surface area (Å²) in [6.45, 7) is 3.46. The van der Waals surface area contributed by atoms with Gasteiger partial charge in [0.05, 0.1) is 11.9 Å². The Hall–Kier alpha value is -1.38. The standard InChI is InChI=1S/C9H12N2O/c1-6-4-8(7(2)12)11-5-9(6)10-3/h4-5,10H,1-3H3. The molecule has 0 saturated carbocycles. The van der Waals surface area contributed by atoms with Gasteiger partial charge in [0.2, 0.25) is 0 Å². The van der Waals surface area contributed by atoms with E-state index in [0.717, 1.165) is 11.3 Å². The zero-order valence-corrected chi connectivity index (χ0v) is 7.51. The van der Waals surface area contributed by atoms with Gasteiger partial charge in [-0.05, 0) is 18.6 Å². The molecular formula is C9H12N2O. The lowest BCUT2D eigenvalue weighted by Crippen LogP contribution is -2.00. The van der Waals surface area contributed by atoms with Gasteiger partial charge >= 0.3 is 0 Å². The average molecular weight is 164 g/mol. The predicted molar refractivity (Wildman–Crippen MR) is 48.5 cm³/mol. The van der Waals surface area contributed by atoms with Crippen LogP contribution in [0.1, 0.15) is 23.0 Å². The summed E-state index contributed by atoms with van der Waals surface area (Å²) in [5.74, 6) is 0.000697. The predicted octanol–water partition coefficient (Wildman–Crippen LogP) is 1.63. The molecule has 0 fully saturated rings. The normalized spacial score (nSPS) is 9.58. The summed E-state index contributed by atoms with van der Waals surface area (Å²) >= 11 is 0. The van der Waals surface area contributed by atoms with Crippen molar-refractivity contribution in [3.8, 4) is 0 Å². The van der Waals surface area contributed by atoms with Crippen LogP contribution in [0.5, 0.6) is 0 Å². The van der Waals surface area contributed by atoms with Gasteiger partial charge in [0.1, 0.15) is 5.69 Å². The average Bonchev–Trinajstić information content (AvgIpc) is 2.04. The third-order valence-corrected chi connectivity index (χ3v) is 1.74. The fraction of sp³-hybridized carbons (Fsp3) is 0.333. The lowest BCUT2D eigenvalue weighted by molar-refractivity contribution is 0.101. The number of pyridine rings is 1. The fourth-order valence-electron chi connectivity index (χ4n) is 1.01. The van der Waals surface area contributed by atoms with Crippen LogP contribution in [-0.4, -0.2) is 17.8 Å². The Morgan fingerprint density at radius 1 is 1.58 bits per heavy atom. The number of aromatic nitrogens is 1. The maximum Gasteiger partial charge on any atom is 0.178 e. The maximum atomic E-state index is 10.9. The first-order chi connectivity index (χ1) is 5.65. The number of Topliss-reactive ketones (excluding diaryl/α,β-unsaturated/α-hetero) is 1. The van der Waals surface area contributed by atoms with E-state index in [1.165, 1.54) is 6.92 Å². The molecule has 0 aliphatic carbocycles. The number of carbonyl (C=O) groups is 1. The first-order valence-electron chi connectivity index (χ1n) is 3.80. The van der Waals surface area contributed by atoms with E-state index < -0.39 is 0 Å². The van der Waals surface area contributed by atoms with E-state index in [-0.39, 0.29) is 5.78 Å². The Labute approximate surface area is 71.8 Å². The smallest absolute Gasteiger partial charge is 0.178 e. The molecule has 0 spiro atoms. The Balaban J connectivity index is 3.10. The summed E-state index contributed by atoms with van der Waals surface area (Å²) in [6, 6.07) is 1.79. The summed E-state index contributed by atoms with van der Waals surface area (Å²) in [7, 11) is 1.83. The number of carbonyl (C=O) groups excluding carboxylic acids is 1. The van der Waals surface area contributed by atoms with E-state index in [0.29, 0.717) is 5.69 Å². The van der Waals surface area contributed by atoms with Crippen molar-refractivity contribution < 1.29 is 4.79 Å². The van der Waals surface area contributed by atoms with Gasteiger partial charge in [-0.1, -0.05) is 0 Å². The van der Waals surface area contributed by atoms with Crippen LogP contribution in [0.2, 0.25) is 0 Å². The highest BCUT2D eigenvalue weighted by molar-refractivity contribution is 5.92. The van der Waals surface area contributed by atoms with Gasteiger partial charge in [0, 0.05) is 14.0 Å². The number of anilines is 1. The minimum Gasteiger partial charge on any atom is -0.387 e. The zero-order valence-electron chi connectivity index (χ0n) is 7.51. The Kier molecular flexibility index (Phi) is 2.43. The molecule has 0 saturated heterocycles. The largest absolute Gasteiger partial charge is 0.387 e. The third-order valence-electron chi connectivity index (χ3n) is 1.74. The molecule has 0 aliphatic rings. The van der Waals surface area contributed by atoms with Gasteiger partial charge in [-0.15, -0.1) is 0 Å². The van der Waals surface area contributed by atoms with E-state index in [9.17, 15) is 4.79 Å². The van der Waals surface area contributed by atoms with Crippen LogP contribution in [-0.2, 0) is 0 Å². The van der Waals surface area contributed by atoms with Crippen LogP contribution in [0.15, 0.2) is 12.3 Å². The zero-order chi connectivity index (χ0) is 9.14. The molecular weight excluding hydrogens is 152 g/mol. The van der Waals surface area contributed by atoms with Crippen LogP contribution in [0.3, 0.4) is 0 Å². The number of hydrogen-bond acceptors (Lipinski definition) is 3. The molecule has 1 N–H and O–H groups in total. The highest BCUT2D eigenvalue weighted by atomic mass is 16.1. The fourth-order valence-corrected chi connectivity index (χ4v) is 1.01. The molecule has 1 aromatic heterocycles. The molecule has 0 unspecified atom stereocenters. The Morgan fingerprint density at radius 2 is 2.25 bits per heavy atom. The van der Waals surface area contributed by atoms with Crippen molar-refractivity contribution in [2.75, 3.05) is 12.4 Å². The van der Waals surface area contributed by atoms with E-state index in [1.54, 1.807) is 12.3 Å². The highest BCUT2D eigenvalue weighted by Gasteiger charge is 2.02. The summed E-state index contributed by atoms with van der Waals surface area (Å²) in [4.78, 5) is 14.9. The van der Waals surface area contributed by atoms with E-state index in [1.807, 2.05) is 14.0 Å². The second-order valence-electron chi connectivity index (χ2n) is 2.69. The van der Waals surface area contributed by atoms with E-state index in [2.05, 4.69) is 10.3 Å². The van der Waals surface area contributed by atoms with Gasteiger partial charge in [-0.3, -0.25) is 9.78 Å². The van der Waals surface area contributed by atoms with E-state index >= 15 is 0 Å². The van der Waals surface area contributed by atoms with Crippen molar-refractivity contribution in [2.45, 2.75) is 13.8 Å². The van der Waals surface area contributed by atoms with Crippen LogP contribution in [0, 0.1) is 6.92 Å². The lowest BCUT2D eigenvalue weighted by atomic mass is 10.2. The van der Waals surface area contributed by atoms with Gasteiger partial charge in [-0.25, -0.2) is 0 Å². The third kappa shape index (κ3) is 1.61. The molecule has 0 radical (unpaired) electrons. The number of nitrogens with one attached hydrogen (secondary N) is 1.